The molecular formula is C17H10Br2FNO2S2. The van der Waals surface area contributed by atoms with E-state index in [0.717, 1.165) is 14.5 Å². The molecule has 0 spiro atoms. The summed E-state index contributed by atoms with van der Waals surface area (Å²) in [4.78, 5) is 14.5. The van der Waals surface area contributed by atoms with Crippen LogP contribution in [0.4, 0.5) is 10.1 Å². The Morgan fingerprint density at radius 3 is 2.72 bits per heavy atom. The van der Waals surface area contributed by atoms with Gasteiger partial charge in [0, 0.05) is 10.0 Å². The largest absolute Gasteiger partial charge is 0.495 e. The first-order valence-corrected chi connectivity index (χ1v) is 9.78. The van der Waals surface area contributed by atoms with Crippen LogP contribution in [0.2, 0.25) is 0 Å². The number of thiocarbonyl (C=S) groups is 1. The average molecular weight is 503 g/mol. The molecular weight excluding hydrogens is 493 g/mol. The van der Waals surface area contributed by atoms with Crippen LogP contribution >= 0.6 is 55.8 Å². The van der Waals surface area contributed by atoms with E-state index in [4.69, 9.17) is 17.0 Å². The zero-order chi connectivity index (χ0) is 18.1. The molecule has 1 fully saturated rings. The van der Waals surface area contributed by atoms with Gasteiger partial charge < -0.3 is 4.74 Å². The SMILES string of the molecule is COc1c(Br)cc(Br)cc1/C=C1/SC(=S)N(c2cccc(F)c2)C1=O. The predicted molar refractivity (Wildman–Crippen MR) is 110 cm³/mol. The molecule has 0 aromatic heterocycles. The van der Waals surface area contributed by atoms with Gasteiger partial charge in [-0.05, 0) is 52.3 Å². The maximum atomic E-state index is 13.5. The Balaban J connectivity index is 2.02. The zero-order valence-electron chi connectivity index (χ0n) is 12.8. The fraction of sp³-hybridized carbons (Fsp3) is 0.0588. The minimum atomic E-state index is -0.423. The van der Waals surface area contributed by atoms with E-state index in [1.54, 1.807) is 25.3 Å². The van der Waals surface area contributed by atoms with E-state index in [1.165, 1.54) is 28.8 Å². The van der Waals surface area contributed by atoms with Gasteiger partial charge in [0.25, 0.3) is 5.91 Å². The summed E-state index contributed by atoms with van der Waals surface area (Å²) < 4.78 is 20.8. The number of anilines is 1. The number of amides is 1. The number of benzene rings is 2. The van der Waals surface area contributed by atoms with Crippen LogP contribution in [0.3, 0.4) is 0 Å². The van der Waals surface area contributed by atoms with Crippen LogP contribution in [0, 0.1) is 5.82 Å². The quantitative estimate of drug-likeness (QED) is 0.394. The number of carbonyl (C=O) groups excluding carboxylic acids is 1. The third-order valence-electron chi connectivity index (χ3n) is 3.39. The lowest BCUT2D eigenvalue weighted by Gasteiger charge is -2.14. The van der Waals surface area contributed by atoms with Gasteiger partial charge in [0.05, 0.1) is 22.2 Å². The van der Waals surface area contributed by atoms with Crippen LogP contribution in [-0.4, -0.2) is 17.3 Å². The summed E-state index contributed by atoms with van der Waals surface area (Å²) in [5, 5.41) is 0. The zero-order valence-corrected chi connectivity index (χ0v) is 17.6. The Morgan fingerprint density at radius 1 is 1.28 bits per heavy atom. The summed E-state index contributed by atoms with van der Waals surface area (Å²) in [5.74, 6) is -0.105. The Labute approximate surface area is 170 Å². The van der Waals surface area contributed by atoms with Gasteiger partial charge in [-0.15, -0.1) is 0 Å². The lowest BCUT2D eigenvalue weighted by molar-refractivity contribution is -0.113. The highest BCUT2D eigenvalue weighted by Crippen LogP contribution is 2.39. The molecule has 3 nitrogen and oxygen atoms in total. The Hall–Kier alpha value is -1.22. The average Bonchev–Trinajstić information content (AvgIpc) is 2.81. The molecule has 0 atom stereocenters. The summed E-state index contributed by atoms with van der Waals surface area (Å²) in [6.07, 6.45) is 1.72. The predicted octanol–water partition coefficient (Wildman–Crippen LogP) is 5.77. The molecule has 0 bridgehead atoms. The van der Waals surface area contributed by atoms with Crippen molar-refractivity contribution < 1.29 is 13.9 Å². The van der Waals surface area contributed by atoms with Crippen molar-refractivity contribution in [2.24, 2.45) is 0 Å². The molecule has 1 heterocycles. The first kappa shape index (κ1) is 18.6. The molecule has 25 heavy (non-hydrogen) atoms. The molecule has 3 rings (SSSR count). The normalized spacial score (nSPS) is 16.0. The molecule has 2 aromatic carbocycles. The lowest BCUT2D eigenvalue weighted by Crippen LogP contribution is -2.27. The van der Waals surface area contributed by atoms with Crippen molar-refractivity contribution in [2.75, 3.05) is 12.0 Å². The van der Waals surface area contributed by atoms with Crippen molar-refractivity contribution in [3.05, 3.63) is 61.6 Å². The molecule has 1 amide bonds. The van der Waals surface area contributed by atoms with Gasteiger partial charge in [0.2, 0.25) is 0 Å². The highest BCUT2D eigenvalue weighted by Gasteiger charge is 2.33. The minimum absolute atomic E-state index is 0.293. The number of rotatable bonds is 3. The van der Waals surface area contributed by atoms with E-state index in [9.17, 15) is 9.18 Å². The van der Waals surface area contributed by atoms with Crippen molar-refractivity contribution in [2.45, 2.75) is 0 Å². The van der Waals surface area contributed by atoms with Gasteiger partial charge in [0.1, 0.15) is 11.6 Å². The van der Waals surface area contributed by atoms with Crippen LogP contribution in [0.5, 0.6) is 5.75 Å². The van der Waals surface area contributed by atoms with Crippen molar-refractivity contribution in [3.8, 4) is 5.75 Å². The second-order valence-electron chi connectivity index (χ2n) is 5.01. The third-order valence-corrected chi connectivity index (χ3v) is 5.74. The second-order valence-corrected chi connectivity index (χ2v) is 8.45. The topological polar surface area (TPSA) is 29.5 Å². The second kappa shape index (κ2) is 7.57. The number of hydrogen-bond donors (Lipinski definition) is 0. The standard InChI is InChI=1S/C17H10Br2FNO2S2/c1-23-15-9(5-10(18)7-13(15)19)6-14-16(22)21(17(24)25-14)12-4-2-3-11(20)8-12/h2-8H,1H3/b14-6+. The van der Waals surface area contributed by atoms with E-state index in [2.05, 4.69) is 31.9 Å². The maximum Gasteiger partial charge on any atom is 0.270 e. The number of nitrogens with zero attached hydrogens (tertiary/aromatic N) is 1. The molecule has 0 saturated carbocycles. The van der Waals surface area contributed by atoms with Crippen molar-refractivity contribution in [3.63, 3.8) is 0 Å². The van der Waals surface area contributed by atoms with Crippen LogP contribution in [0.1, 0.15) is 5.56 Å². The molecule has 1 saturated heterocycles. The molecule has 0 aliphatic carbocycles. The van der Waals surface area contributed by atoms with E-state index in [-0.39, 0.29) is 5.91 Å². The molecule has 0 unspecified atom stereocenters. The van der Waals surface area contributed by atoms with Gasteiger partial charge in [-0.25, -0.2) is 4.39 Å². The highest BCUT2D eigenvalue weighted by atomic mass is 79.9. The van der Waals surface area contributed by atoms with Crippen LogP contribution in [0.15, 0.2) is 50.2 Å². The van der Waals surface area contributed by atoms with Crippen LogP contribution < -0.4 is 9.64 Å². The van der Waals surface area contributed by atoms with E-state index in [1.807, 2.05) is 12.1 Å². The molecule has 8 heteroatoms. The summed E-state index contributed by atoms with van der Waals surface area (Å²) >= 11 is 13.3. The smallest absolute Gasteiger partial charge is 0.270 e. The summed E-state index contributed by atoms with van der Waals surface area (Å²) in [5.41, 5.74) is 1.14. The van der Waals surface area contributed by atoms with Gasteiger partial charge >= 0.3 is 0 Å². The number of ether oxygens (including phenoxy) is 1. The van der Waals surface area contributed by atoms with Crippen LogP contribution in [-0.2, 0) is 4.79 Å². The van der Waals surface area contributed by atoms with Gasteiger partial charge in [0.15, 0.2) is 4.32 Å². The Bertz CT molecular complexity index is 918. The van der Waals surface area contributed by atoms with E-state index < -0.39 is 5.82 Å². The fourth-order valence-corrected chi connectivity index (χ4v) is 5.06. The summed E-state index contributed by atoms with van der Waals surface area (Å²) in [7, 11) is 1.56. The third kappa shape index (κ3) is 3.81. The van der Waals surface area contributed by atoms with Gasteiger partial charge in [-0.1, -0.05) is 46.0 Å². The van der Waals surface area contributed by atoms with Crippen LogP contribution in [0.25, 0.3) is 6.08 Å². The van der Waals surface area contributed by atoms with Crippen molar-refractivity contribution in [1.82, 2.24) is 0 Å². The fourth-order valence-electron chi connectivity index (χ4n) is 2.35. The van der Waals surface area contributed by atoms with Crippen molar-refractivity contribution >= 4 is 77.8 Å². The van der Waals surface area contributed by atoms with E-state index >= 15 is 0 Å². The van der Waals surface area contributed by atoms with Gasteiger partial charge in [-0.3, -0.25) is 9.69 Å². The molecule has 1 aliphatic heterocycles. The van der Waals surface area contributed by atoms with E-state index in [0.29, 0.717) is 20.7 Å². The number of carbonyl (C=O) groups is 1. The van der Waals surface area contributed by atoms with Gasteiger partial charge in [-0.2, -0.15) is 0 Å². The summed E-state index contributed by atoms with van der Waals surface area (Å²) in [6.45, 7) is 0. The first-order chi connectivity index (χ1) is 11.9. The molecule has 1 aliphatic rings. The van der Waals surface area contributed by atoms with Crippen molar-refractivity contribution in [1.29, 1.82) is 0 Å². The molecule has 0 N–H and O–H groups in total. The first-order valence-electron chi connectivity index (χ1n) is 6.97. The minimum Gasteiger partial charge on any atom is -0.495 e. The maximum absolute atomic E-state index is 13.5. The number of halogens is 3. The monoisotopic (exact) mass is 501 g/mol. The number of hydrogen-bond acceptors (Lipinski definition) is 4. The number of methoxy groups -OCH3 is 1. The lowest BCUT2D eigenvalue weighted by atomic mass is 10.2. The summed E-state index contributed by atoms with van der Waals surface area (Å²) in [6, 6.07) is 9.49. The Morgan fingerprint density at radius 2 is 2.04 bits per heavy atom. The molecule has 0 radical (unpaired) electrons. The molecule has 2 aromatic rings. The molecule has 128 valence electrons. The number of thioether (sulfide) groups is 1. The highest BCUT2D eigenvalue weighted by molar-refractivity contribution is 9.11. The Kier molecular flexibility index (Phi) is 5.62.